The molecule has 0 aliphatic heterocycles. The highest BCUT2D eigenvalue weighted by Gasteiger charge is 2.17. The molecule has 3 rings (SSSR count). The number of anilines is 1. The molecule has 0 saturated heterocycles. The summed E-state index contributed by atoms with van der Waals surface area (Å²) in [4.78, 5) is 36.1. The monoisotopic (exact) mass is 384 g/mol. The zero-order valence-corrected chi connectivity index (χ0v) is 16.4. The Morgan fingerprint density at radius 1 is 1.11 bits per heavy atom. The van der Waals surface area contributed by atoms with E-state index in [1.54, 1.807) is 18.3 Å². The van der Waals surface area contributed by atoms with E-state index in [9.17, 15) is 14.4 Å². The number of ether oxygens (including phenoxy) is 1. The molecule has 1 saturated carbocycles. The number of amides is 1. The van der Waals surface area contributed by atoms with Crippen molar-refractivity contribution >= 4 is 28.3 Å². The zero-order chi connectivity index (χ0) is 19.9. The lowest BCUT2D eigenvalue weighted by molar-refractivity contribution is -0.141. The number of hydrogen-bond acceptors (Lipinski definition) is 4. The Labute approximate surface area is 164 Å². The molecule has 0 atom stereocenters. The first-order chi connectivity index (χ1) is 13.5. The summed E-state index contributed by atoms with van der Waals surface area (Å²) in [6.07, 6.45) is 9.41. The molecule has 1 N–H and O–H groups in total. The van der Waals surface area contributed by atoms with Gasteiger partial charge < -0.3 is 14.6 Å². The highest BCUT2D eigenvalue weighted by Crippen LogP contribution is 2.27. The summed E-state index contributed by atoms with van der Waals surface area (Å²) < 4.78 is 6.43. The molecule has 0 spiro atoms. The number of fused-ring (bicyclic) bond motifs is 1. The van der Waals surface area contributed by atoms with E-state index < -0.39 is 0 Å². The molecule has 6 nitrogen and oxygen atoms in total. The number of nitrogens with zero attached hydrogens (tertiary/aromatic N) is 1. The second-order valence-electron chi connectivity index (χ2n) is 7.53. The molecule has 6 heteroatoms. The van der Waals surface area contributed by atoms with Crippen LogP contribution < -0.4 is 10.9 Å². The number of carbonyl (C=O) groups excluding carboxylic acids is 2. The molecular formula is C22H28N2O4. The van der Waals surface area contributed by atoms with Crippen LogP contribution in [0, 0.1) is 5.92 Å². The molecule has 1 heterocycles. The largest absolute Gasteiger partial charge is 0.464 e. The van der Waals surface area contributed by atoms with Crippen LogP contribution in [-0.2, 0) is 20.9 Å². The molecule has 1 aliphatic carbocycles. The number of carbonyl (C=O) groups is 2. The van der Waals surface area contributed by atoms with E-state index >= 15 is 0 Å². The van der Waals surface area contributed by atoms with Crippen molar-refractivity contribution in [2.24, 2.45) is 5.92 Å². The van der Waals surface area contributed by atoms with Crippen molar-refractivity contribution < 1.29 is 14.3 Å². The van der Waals surface area contributed by atoms with Crippen LogP contribution in [0.5, 0.6) is 0 Å². The Balaban J connectivity index is 1.72. The topological polar surface area (TPSA) is 77.4 Å². The lowest BCUT2D eigenvalue weighted by Crippen LogP contribution is -2.23. The fraction of sp³-hybridized carbons (Fsp3) is 0.500. The lowest BCUT2D eigenvalue weighted by atomic mass is 9.96. The molecule has 1 amide bonds. The molecule has 150 valence electrons. The Hall–Kier alpha value is -2.63. The number of esters is 1. The van der Waals surface area contributed by atoms with Crippen molar-refractivity contribution in [3.05, 3.63) is 40.8 Å². The smallest absolute Gasteiger partial charge is 0.302 e. The van der Waals surface area contributed by atoms with Gasteiger partial charge in [-0.2, -0.15) is 0 Å². The number of benzene rings is 1. The van der Waals surface area contributed by atoms with E-state index in [1.807, 2.05) is 12.1 Å². The summed E-state index contributed by atoms with van der Waals surface area (Å²) in [7, 11) is 0. The van der Waals surface area contributed by atoms with Gasteiger partial charge in [-0.25, -0.2) is 0 Å². The van der Waals surface area contributed by atoms with Crippen molar-refractivity contribution in [1.82, 2.24) is 4.57 Å². The summed E-state index contributed by atoms with van der Waals surface area (Å²) in [5.41, 5.74) is 0.505. The van der Waals surface area contributed by atoms with Gasteiger partial charge in [0.1, 0.15) is 6.61 Å². The highest BCUT2D eigenvalue weighted by molar-refractivity contribution is 6.01. The van der Waals surface area contributed by atoms with E-state index in [2.05, 4.69) is 5.32 Å². The fourth-order valence-corrected chi connectivity index (χ4v) is 3.92. The minimum atomic E-state index is -0.368. The molecular weight excluding hydrogens is 356 g/mol. The second-order valence-corrected chi connectivity index (χ2v) is 7.53. The maximum atomic E-state index is 12.7. The second kappa shape index (κ2) is 9.53. The number of hydrogen-bond donors (Lipinski definition) is 1. The third kappa shape index (κ3) is 5.21. The van der Waals surface area contributed by atoms with E-state index in [0.29, 0.717) is 30.0 Å². The van der Waals surface area contributed by atoms with Gasteiger partial charge in [-0.05, 0) is 37.0 Å². The number of pyridine rings is 1. The summed E-state index contributed by atoms with van der Waals surface area (Å²) in [5.74, 6) is 0.0990. The van der Waals surface area contributed by atoms with Gasteiger partial charge in [0.15, 0.2) is 0 Å². The molecule has 1 aromatic heterocycles. The summed E-state index contributed by atoms with van der Waals surface area (Å²) in [6.45, 7) is 1.79. The summed E-state index contributed by atoms with van der Waals surface area (Å²) in [5, 5.41) is 4.27. The minimum absolute atomic E-state index is 0.0124. The van der Waals surface area contributed by atoms with Crippen molar-refractivity contribution in [3.8, 4) is 0 Å². The van der Waals surface area contributed by atoms with Crippen LogP contribution in [0.2, 0.25) is 0 Å². The molecule has 28 heavy (non-hydrogen) atoms. The van der Waals surface area contributed by atoms with Gasteiger partial charge in [-0.15, -0.1) is 0 Å². The van der Waals surface area contributed by atoms with Gasteiger partial charge in [0.2, 0.25) is 5.91 Å². The lowest BCUT2D eigenvalue weighted by Gasteiger charge is -2.15. The van der Waals surface area contributed by atoms with Gasteiger partial charge in [0, 0.05) is 36.0 Å². The third-order valence-corrected chi connectivity index (χ3v) is 5.38. The van der Waals surface area contributed by atoms with Crippen LogP contribution in [0.25, 0.3) is 10.8 Å². The molecule has 1 aromatic carbocycles. The maximum Gasteiger partial charge on any atom is 0.302 e. The first-order valence-corrected chi connectivity index (χ1v) is 10.1. The van der Waals surface area contributed by atoms with Crippen LogP contribution in [-0.4, -0.2) is 23.1 Å². The SMILES string of the molecule is CC(=O)OCCn1ccc2c(NC(=O)CC3CCCCCC3)cccc2c1=O. The van der Waals surface area contributed by atoms with Crippen LogP contribution >= 0.6 is 0 Å². The standard InChI is InChI=1S/C22H28N2O4/c1-16(25)28-14-13-24-12-11-18-19(22(24)27)9-6-10-20(18)23-21(26)15-17-7-4-2-3-5-8-17/h6,9-12,17H,2-5,7-8,13-15H2,1H3,(H,23,26). The minimum Gasteiger partial charge on any atom is -0.464 e. The molecule has 1 fully saturated rings. The number of rotatable bonds is 6. The van der Waals surface area contributed by atoms with E-state index in [-0.39, 0.29) is 24.0 Å². The zero-order valence-electron chi connectivity index (χ0n) is 16.4. The number of aromatic nitrogens is 1. The van der Waals surface area contributed by atoms with Gasteiger partial charge >= 0.3 is 5.97 Å². The molecule has 0 radical (unpaired) electrons. The summed E-state index contributed by atoms with van der Waals surface area (Å²) in [6, 6.07) is 7.18. The predicted octanol–water partition coefficient (Wildman–Crippen LogP) is 3.86. The Bertz CT molecular complexity index is 895. The Morgan fingerprint density at radius 3 is 2.57 bits per heavy atom. The first kappa shape index (κ1) is 20.1. The summed E-state index contributed by atoms with van der Waals surface area (Å²) >= 11 is 0. The van der Waals surface area contributed by atoms with Crippen molar-refractivity contribution in [2.75, 3.05) is 11.9 Å². The quantitative estimate of drug-likeness (QED) is 0.606. The average Bonchev–Trinajstić information content (AvgIpc) is 2.92. The Morgan fingerprint density at radius 2 is 1.86 bits per heavy atom. The van der Waals surface area contributed by atoms with Crippen molar-refractivity contribution in [2.45, 2.75) is 58.4 Å². The van der Waals surface area contributed by atoms with Crippen LogP contribution in [0.1, 0.15) is 51.9 Å². The van der Waals surface area contributed by atoms with Gasteiger partial charge in [0.25, 0.3) is 5.56 Å². The van der Waals surface area contributed by atoms with Crippen LogP contribution in [0.3, 0.4) is 0 Å². The molecule has 0 unspecified atom stereocenters. The van der Waals surface area contributed by atoms with Gasteiger partial charge in [0.05, 0.1) is 6.54 Å². The first-order valence-electron chi connectivity index (χ1n) is 10.1. The third-order valence-electron chi connectivity index (χ3n) is 5.38. The highest BCUT2D eigenvalue weighted by atomic mass is 16.5. The fourth-order valence-electron chi connectivity index (χ4n) is 3.92. The van der Waals surface area contributed by atoms with Crippen LogP contribution in [0.15, 0.2) is 35.3 Å². The maximum absolute atomic E-state index is 12.7. The van der Waals surface area contributed by atoms with Crippen molar-refractivity contribution in [1.29, 1.82) is 0 Å². The van der Waals surface area contributed by atoms with Gasteiger partial charge in [-0.1, -0.05) is 31.7 Å². The van der Waals surface area contributed by atoms with E-state index in [0.717, 1.165) is 18.2 Å². The van der Waals surface area contributed by atoms with E-state index in [1.165, 1.54) is 37.2 Å². The van der Waals surface area contributed by atoms with Crippen LogP contribution in [0.4, 0.5) is 5.69 Å². The number of nitrogens with one attached hydrogen (secondary N) is 1. The Kier molecular flexibility index (Phi) is 6.85. The average molecular weight is 384 g/mol. The molecule has 2 aromatic rings. The normalized spacial score (nSPS) is 15.2. The van der Waals surface area contributed by atoms with E-state index in [4.69, 9.17) is 4.74 Å². The van der Waals surface area contributed by atoms with Crippen molar-refractivity contribution in [3.63, 3.8) is 0 Å². The molecule has 0 bridgehead atoms. The molecule has 1 aliphatic rings. The predicted molar refractivity (Wildman–Crippen MR) is 109 cm³/mol. The van der Waals surface area contributed by atoms with Gasteiger partial charge in [-0.3, -0.25) is 14.4 Å².